The van der Waals surface area contributed by atoms with Gasteiger partial charge in [0.2, 0.25) is 0 Å². The summed E-state index contributed by atoms with van der Waals surface area (Å²) in [5.41, 5.74) is 0. The average molecular weight is 178 g/mol. The van der Waals surface area contributed by atoms with Crippen molar-refractivity contribution in [3.05, 3.63) is 12.7 Å². The van der Waals surface area contributed by atoms with Crippen LogP contribution in [0.25, 0.3) is 0 Å². The van der Waals surface area contributed by atoms with Crippen LogP contribution in [0.1, 0.15) is 20.3 Å². The number of allylic oxidation sites excluding steroid dienone is 1. The molecule has 0 aromatic carbocycles. The Morgan fingerprint density at radius 1 is 1.55 bits per heavy atom. The Labute approximate surface area is 67.9 Å². The van der Waals surface area contributed by atoms with Crippen molar-refractivity contribution in [3.63, 3.8) is 0 Å². The summed E-state index contributed by atoms with van der Waals surface area (Å²) in [6, 6.07) is 0. The predicted molar refractivity (Wildman–Crippen MR) is 45.0 cm³/mol. The van der Waals surface area contributed by atoms with Gasteiger partial charge in [-0.1, -0.05) is 13.0 Å². The fourth-order valence-corrected chi connectivity index (χ4v) is 1.45. The number of hydrogen-bond donors (Lipinski definition) is 1. The lowest BCUT2D eigenvalue weighted by molar-refractivity contribution is 0.441. The molecule has 0 saturated carbocycles. The van der Waals surface area contributed by atoms with Gasteiger partial charge in [-0.2, -0.15) is 8.42 Å². The highest BCUT2D eigenvalue weighted by Crippen LogP contribution is 2.14. The molecule has 0 aliphatic rings. The van der Waals surface area contributed by atoms with Crippen molar-refractivity contribution in [1.82, 2.24) is 0 Å². The van der Waals surface area contributed by atoms with Gasteiger partial charge >= 0.3 is 0 Å². The van der Waals surface area contributed by atoms with Gasteiger partial charge in [0.25, 0.3) is 10.1 Å². The maximum atomic E-state index is 10.6. The summed E-state index contributed by atoms with van der Waals surface area (Å²) in [5.74, 6) is -0.0810. The molecule has 66 valence electrons. The van der Waals surface area contributed by atoms with Crippen LogP contribution in [0.4, 0.5) is 0 Å². The molecule has 0 bridgehead atoms. The molecule has 0 aliphatic heterocycles. The molecule has 0 rings (SSSR count). The monoisotopic (exact) mass is 178 g/mol. The third-order valence-electron chi connectivity index (χ3n) is 1.81. The van der Waals surface area contributed by atoms with E-state index in [0.29, 0.717) is 6.42 Å². The summed E-state index contributed by atoms with van der Waals surface area (Å²) in [6.45, 7) is 6.74. The first kappa shape index (κ1) is 10.7. The third kappa shape index (κ3) is 3.53. The molecule has 0 aromatic heterocycles. The van der Waals surface area contributed by atoms with E-state index in [2.05, 4.69) is 6.58 Å². The summed E-state index contributed by atoms with van der Waals surface area (Å²) < 4.78 is 29.8. The van der Waals surface area contributed by atoms with E-state index in [1.54, 1.807) is 13.0 Å². The number of rotatable bonds is 4. The Kier molecular flexibility index (Phi) is 3.75. The van der Waals surface area contributed by atoms with Crippen molar-refractivity contribution in [2.75, 3.05) is 0 Å². The van der Waals surface area contributed by atoms with Gasteiger partial charge in [-0.15, -0.1) is 6.58 Å². The first-order chi connectivity index (χ1) is 4.89. The van der Waals surface area contributed by atoms with Crippen LogP contribution in [0, 0.1) is 5.92 Å². The quantitative estimate of drug-likeness (QED) is 0.524. The highest BCUT2D eigenvalue weighted by Gasteiger charge is 2.22. The Morgan fingerprint density at radius 3 is 2.27 bits per heavy atom. The molecule has 0 saturated heterocycles. The van der Waals surface area contributed by atoms with Gasteiger partial charge in [-0.05, 0) is 19.3 Å². The second-order valence-corrected chi connectivity index (χ2v) is 4.50. The highest BCUT2D eigenvalue weighted by atomic mass is 32.2. The summed E-state index contributed by atoms with van der Waals surface area (Å²) in [4.78, 5) is 0. The molecule has 0 spiro atoms. The largest absolute Gasteiger partial charge is 0.285 e. The van der Waals surface area contributed by atoms with Crippen molar-refractivity contribution in [2.45, 2.75) is 25.5 Å². The van der Waals surface area contributed by atoms with Crippen LogP contribution < -0.4 is 0 Å². The van der Waals surface area contributed by atoms with E-state index in [1.807, 2.05) is 0 Å². The lowest BCUT2D eigenvalue weighted by Gasteiger charge is -2.14. The lowest BCUT2D eigenvalue weighted by atomic mass is 10.1. The second kappa shape index (κ2) is 3.88. The molecule has 0 aromatic rings. The Hall–Kier alpha value is -0.350. The van der Waals surface area contributed by atoms with E-state index < -0.39 is 15.4 Å². The molecule has 11 heavy (non-hydrogen) atoms. The van der Waals surface area contributed by atoms with Crippen LogP contribution in [0.5, 0.6) is 0 Å². The first-order valence-corrected chi connectivity index (χ1v) is 4.97. The minimum absolute atomic E-state index is 0.0810. The molecule has 1 N–H and O–H groups in total. The van der Waals surface area contributed by atoms with Crippen LogP contribution >= 0.6 is 0 Å². The van der Waals surface area contributed by atoms with Crippen molar-refractivity contribution in [3.8, 4) is 0 Å². The maximum Gasteiger partial charge on any atom is 0.267 e. The summed E-state index contributed by atoms with van der Waals surface area (Å²) in [5, 5.41) is -0.708. The lowest BCUT2D eigenvalue weighted by Crippen LogP contribution is -2.23. The second-order valence-electron chi connectivity index (χ2n) is 2.72. The summed E-state index contributed by atoms with van der Waals surface area (Å²) in [6.07, 6.45) is 2.24. The molecule has 0 aliphatic carbocycles. The van der Waals surface area contributed by atoms with Crippen LogP contribution in [0.3, 0.4) is 0 Å². The molecule has 2 atom stereocenters. The van der Waals surface area contributed by atoms with Crippen molar-refractivity contribution in [2.24, 2.45) is 5.92 Å². The standard InChI is InChI=1S/C7H14O3S/c1-4-5-6(2)7(3)11(8,9)10/h4,6-7H,1,5H2,2-3H3,(H,8,9,10)/t6-,7+/m0/s1. The summed E-state index contributed by atoms with van der Waals surface area (Å²) in [7, 11) is -3.87. The molecule has 0 amide bonds. The Morgan fingerprint density at radius 2 is 2.00 bits per heavy atom. The van der Waals surface area contributed by atoms with Crippen molar-refractivity contribution < 1.29 is 13.0 Å². The highest BCUT2D eigenvalue weighted by molar-refractivity contribution is 7.86. The van der Waals surface area contributed by atoms with Crippen molar-refractivity contribution >= 4 is 10.1 Å². The van der Waals surface area contributed by atoms with Crippen molar-refractivity contribution in [1.29, 1.82) is 0 Å². The molecule has 4 heteroatoms. The first-order valence-electron chi connectivity index (χ1n) is 3.46. The zero-order chi connectivity index (χ0) is 9.07. The third-order valence-corrected chi connectivity index (χ3v) is 3.21. The predicted octanol–water partition coefficient (Wildman–Crippen LogP) is 1.47. The van der Waals surface area contributed by atoms with Gasteiger partial charge in [0.15, 0.2) is 0 Å². The van der Waals surface area contributed by atoms with Gasteiger partial charge in [-0.3, -0.25) is 4.55 Å². The molecule has 3 nitrogen and oxygen atoms in total. The minimum Gasteiger partial charge on any atom is -0.285 e. The molecule has 0 heterocycles. The average Bonchev–Trinajstić information content (AvgIpc) is 1.85. The van der Waals surface area contributed by atoms with E-state index >= 15 is 0 Å². The van der Waals surface area contributed by atoms with Gasteiger partial charge in [0.05, 0.1) is 5.25 Å². The van der Waals surface area contributed by atoms with Crippen LogP contribution in [-0.4, -0.2) is 18.2 Å². The fourth-order valence-electron chi connectivity index (χ4n) is 0.748. The van der Waals surface area contributed by atoms with E-state index in [9.17, 15) is 8.42 Å². The topological polar surface area (TPSA) is 54.4 Å². The molecular formula is C7H14O3S. The zero-order valence-corrected chi connectivity index (χ0v) is 7.63. The van der Waals surface area contributed by atoms with E-state index in [0.717, 1.165) is 0 Å². The fraction of sp³-hybridized carbons (Fsp3) is 0.714. The zero-order valence-electron chi connectivity index (χ0n) is 6.82. The van der Waals surface area contributed by atoms with Crippen LogP contribution in [-0.2, 0) is 10.1 Å². The normalized spacial score (nSPS) is 17.4. The van der Waals surface area contributed by atoms with Crippen LogP contribution in [0.15, 0.2) is 12.7 Å². The smallest absolute Gasteiger partial charge is 0.267 e. The molecule has 0 unspecified atom stereocenters. The molecular weight excluding hydrogens is 164 g/mol. The van der Waals surface area contributed by atoms with Crippen LogP contribution in [0.2, 0.25) is 0 Å². The van der Waals surface area contributed by atoms with E-state index in [1.165, 1.54) is 6.92 Å². The van der Waals surface area contributed by atoms with Gasteiger partial charge in [0, 0.05) is 0 Å². The minimum atomic E-state index is -3.87. The van der Waals surface area contributed by atoms with Gasteiger partial charge < -0.3 is 0 Å². The van der Waals surface area contributed by atoms with Gasteiger partial charge in [0.1, 0.15) is 0 Å². The molecule has 0 radical (unpaired) electrons. The summed E-state index contributed by atoms with van der Waals surface area (Å²) >= 11 is 0. The molecule has 0 fully saturated rings. The Bertz CT molecular complexity index is 218. The number of hydrogen-bond acceptors (Lipinski definition) is 2. The maximum absolute atomic E-state index is 10.6. The Balaban J connectivity index is 4.25. The van der Waals surface area contributed by atoms with E-state index in [-0.39, 0.29) is 5.92 Å². The SMILES string of the molecule is C=CC[C@H](C)[C@@H](C)S(=O)(=O)O. The van der Waals surface area contributed by atoms with Gasteiger partial charge in [-0.25, -0.2) is 0 Å². The van der Waals surface area contributed by atoms with E-state index in [4.69, 9.17) is 4.55 Å².